The molecule has 4 nitrogen and oxygen atoms in total. The summed E-state index contributed by atoms with van der Waals surface area (Å²) in [6.45, 7) is 0.272. The Balaban J connectivity index is 1.87. The molecule has 104 valence electrons. The number of para-hydroxylation sites is 1. The maximum Gasteiger partial charge on any atom is 0.237 e. The number of carbonyl (C=O) groups excluding carboxylic acids is 1. The van der Waals surface area contributed by atoms with Crippen LogP contribution in [0.25, 0.3) is 0 Å². The van der Waals surface area contributed by atoms with Gasteiger partial charge in [-0.2, -0.15) is 0 Å². The van der Waals surface area contributed by atoms with Crippen LogP contribution in [0.1, 0.15) is 11.1 Å². The first-order chi connectivity index (χ1) is 9.66. The predicted octanol–water partition coefficient (Wildman–Crippen LogP) is 1.58. The second-order valence-electron chi connectivity index (χ2n) is 4.64. The van der Waals surface area contributed by atoms with Gasteiger partial charge in [-0.25, -0.2) is 0 Å². The normalized spacial score (nSPS) is 11.8. The van der Waals surface area contributed by atoms with Crippen LogP contribution in [0.2, 0.25) is 0 Å². The Morgan fingerprint density at radius 1 is 1.10 bits per heavy atom. The van der Waals surface area contributed by atoms with Crippen LogP contribution in [0, 0.1) is 0 Å². The molecule has 0 aliphatic rings. The van der Waals surface area contributed by atoms with Crippen LogP contribution in [0.5, 0.6) is 5.75 Å². The zero-order valence-corrected chi connectivity index (χ0v) is 11.1. The number of aromatic hydroxyl groups is 1. The lowest BCUT2D eigenvalue weighted by Gasteiger charge is -2.13. The van der Waals surface area contributed by atoms with Crippen molar-refractivity contribution in [3.63, 3.8) is 0 Å². The maximum atomic E-state index is 11.9. The van der Waals surface area contributed by atoms with E-state index in [-0.39, 0.29) is 18.2 Å². The smallest absolute Gasteiger partial charge is 0.237 e. The summed E-state index contributed by atoms with van der Waals surface area (Å²) in [6, 6.07) is 15.9. The minimum atomic E-state index is -0.594. The second-order valence-corrected chi connectivity index (χ2v) is 4.64. The molecule has 0 saturated heterocycles. The van der Waals surface area contributed by atoms with Gasteiger partial charge in [0.2, 0.25) is 5.91 Å². The minimum absolute atomic E-state index is 0.171. The summed E-state index contributed by atoms with van der Waals surface area (Å²) >= 11 is 0. The van der Waals surface area contributed by atoms with Gasteiger partial charge in [-0.3, -0.25) is 4.79 Å². The first kappa shape index (κ1) is 14.1. The molecule has 0 saturated carbocycles. The van der Waals surface area contributed by atoms with Gasteiger partial charge < -0.3 is 16.2 Å². The number of hydrogen-bond donors (Lipinski definition) is 3. The monoisotopic (exact) mass is 270 g/mol. The SMILES string of the molecule is NC(Cc1ccccc1)C(=O)NCc1ccccc1O. The number of phenols is 1. The highest BCUT2D eigenvalue weighted by atomic mass is 16.3. The molecule has 2 aromatic carbocycles. The highest BCUT2D eigenvalue weighted by Crippen LogP contribution is 2.14. The van der Waals surface area contributed by atoms with E-state index in [2.05, 4.69) is 5.32 Å². The van der Waals surface area contributed by atoms with Crippen LogP contribution in [0.15, 0.2) is 54.6 Å². The molecule has 4 N–H and O–H groups in total. The van der Waals surface area contributed by atoms with Crippen molar-refractivity contribution in [2.75, 3.05) is 0 Å². The average molecular weight is 270 g/mol. The third-order valence-corrected chi connectivity index (χ3v) is 3.08. The average Bonchev–Trinajstić information content (AvgIpc) is 2.47. The van der Waals surface area contributed by atoms with Crippen molar-refractivity contribution in [2.24, 2.45) is 5.73 Å². The molecule has 0 aliphatic carbocycles. The Kier molecular flexibility index (Phi) is 4.74. The van der Waals surface area contributed by atoms with E-state index in [0.29, 0.717) is 12.0 Å². The van der Waals surface area contributed by atoms with Gasteiger partial charge in [-0.05, 0) is 18.1 Å². The molecular formula is C16H18N2O2. The summed E-state index contributed by atoms with van der Waals surface area (Å²) < 4.78 is 0. The first-order valence-corrected chi connectivity index (χ1v) is 6.51. The summed E-state index contributed by atoms with van der Waals surface area (Å²) in [5.41, 5.74) is 7.58. The molecule has 0 radical (unpaired) electrons. The van der Waals surface area contributed by atoms with E-state index < -0.39 is 6.04 Å². The number of phenolic OH excluding ortho intramolecular Hbond substituents is 1. The van der Waals surface area contributed by atoms with Crippen LogP contribution in [-0.2, 0) is 17.8 Å². The number of carbonyl (C=O) groups is 1. The van der Waals surface area contributed by atoms with E-state index >= 15 is 0 Å². The molecule has 0 fully saturated rings. The minimum Gasteiger partial charge on any atom is -0.508 e. The van der Waals surface area contributed by atoms with Crippen molar-refractivity contribution < 1.29 is 9.90 Å². The Morgan fingerprint density at radius 2 is 1.75 bits per heavy atom. The summed E-state index contributed by atoms with van der Waals surface area (Å²) in [4.78, 5) is 11.9. The third kappa shape index (κ3) is 3.83. The van der Waals surface area contributed by atoms with E-state index in [0.717, 1.165) is 5.56 Å². The molecular weight excluding hydrogens is 252 g/mol. The predicted molar refractivity (Wildman–Crippen MR) is 78.1 cm³/mol. The van der Waals surface area contributed by atoms with Crippen LogP contribution >= 0.6 is 0 Å². The Bertz CT molecular complexity index is 570. The molecule has 0 spiro atoms. The summed E-state index contributed by atoms with van der Waals surface area (Å²) in [7, 11) is 0. The molecule has 1 unspecified atom stereocenters. The third-order valence-electron chi connectivity index (χ3n) is 3.08. The van der Waals surface area contributed by atoms with Crippen molar-refractivity contribution in [1.82, 2.24) is 5.32 Å². The summed E-state index contributed by atoms with van der Waals surface area (Å²) in [5.74, 6) is -0.0541. The van der Waals surface area contributed by atoms with Crippen molar-refractivity contribution in [3.05, 3.63) is 65.7 Å². The number of nitrogens with one attached hydrogen (secondary N) is 1. The number of amides is 1. The largest absolute Gasteiger partial charge is 0.508 e. The lowest BCUT2D eigenvalue weighted by molar-refractivity contribution is -0.122. The van der Waals surface area contributed by atoms with Gasteiger partial charge in [0.05, 0.1) is 6.04 Å². The topological polar surface area (TPSA) is 75.4 Å². The van der Waals surface area contributed by atoms with Crippen LogP contribution in [0.3, 0.4) is 0 Å². The zero-order chi connectivity index (χ0) is 14.4. The Hall–Kier alpha value is -2.33. The number of rotatable bonds is 5. The van der Waals surface area contributed by atoms with Gasteiger partial charge >= 0.3 is 0 Å². The highest BCUT2D eigenvalue weighted by molar-refractivity contribution is 5.81. The summed E-state index contributed by atoms with van der Waals surface area (Å²) in [6.07, 6.45) is 0.493. The van der Waals surface area contributed by atoms with Crippen molar-refractivity contribution in [2.45, 2.75) is 19.0 Å². The fourth-order valence-electron chi connectivity index (χ4n) is 1.93. The first-order valence-electron chi connectivity index (χ1n) is 6.51. The van der Waals surface area contributed by atoms with E-state index in [1.165, 1.54) is 0 Å². The second kappa shape index (κ2) is 6.73. The van der Waals surface area contributed by atoms with E-state index in [1.54, 1.807) is 18.2 Å². The molecule has 2 rings (SSSR count). The van der Waals surface area contributed by atoms with Gasteiger partial charge in [-0.1, -0.05) is 48.5 Å². The van der Waals surface area contributed by atoms with Gasteiger partial charge in [0, 0.05) is 12.1 Å². The molecule has 1 amide bonds. The molecule has 1 atom stereocenters. The molecule has 0 heterocycles. The zero-order valence-electron chi connectivity index (χ0n) is 11.1. The van der Waals surface area contributed by atoms with Crippen LogP contribution < -0.4 is 11.1 Å². The maximum absolute atomic E-state index is 11.9. The van der Waals surface area contributed by atoms with Gasteiger partial charge in [0.25, 0.3) is 0 Å². The van der Waals surface area contributed by atoms with Crippen molar-refractivity contribution in [3.8, 4) is 5.75 Å². The molecule has 4 heteroatoms. The fraction of sp³-hybridized carbons (Fsp3) is 0.188. The lowest BCUT2D eigenvalue weighted by atomic mass is 10.1. The van der Waals surface area contributed by atoms with Crippen LogP contribution in [-0.4, -0.2) is 17.1 Å². The van der Waals surface area contributed by atoms with Gasteiger partial charge in [0.1, 0.15) is 5.75 Å². The Morgan fingerprint density at radius 3 is 2.45 bits per heavy atom. The quantitative estimate of drug-likeness (QED) is 0.772. The lowest BCUT2D eigenvalue weighted by Crippen LogP contribution is -2.41. The Labute approximate surface area is 118 Å². The molecule has 0 aromatic heterocycles. The van der Waals surface area contributed by atoms with Gasteiger partial charge in [-0.15, -0.1) is 0 Å². The molecule has 0 bridgehead atoms. The highest BCUT2D eigenvalue weighted by Gasteiger charge is 2.14. The fourth-order valence-corrected chi connectivity index (χ4v) is 1.93. The van der Waals surface area contributed by atoms with Crippen molar-refractivity contribution in [1.29, 1.82) is 0 Å². The molecule has 2 aromatic rings. The van der Waals surface area contributed by atoms with Crippen molar-refractivity contribution >= 4 is 5.91 Å². The van der Waals surface area contributed by atoms with E-state index in [1.807, 2.05) is 36.4 Å². The number of benzene rings is 2. The summed E-state index contributed by atoms with van der Waals surface area (Å²) in [5, 5.41) is 12.4. The standard InChI is InChI=1S/C16H18N2O2/c17-14(10-12-6-2-1-3-7-12)16(20)18-11-13-8-4-5-9-15(13)19/h1-9,14,19H,10-11,17H2,(H,18,20). The van der Waals surface area contributed by atoms with Crippen LogP contribution in [0.4, 0.5) is 0 Å². The van der Waals surface area contributed by atoms with Gasteiger partial charge in [0.15, 0.2) is 0 Å². The van der Waals surface area contributed by atoms with E-state index in [9.17, 15) is 9.90 Å². The number of nitrogens with two attached hydrogens (primary N) is 1. The number of hydrogen-bond acceptors (Lipinski definition) is 3. The molecule has 0 aliphatic heterocycles. The molecule has 20 heavy (non-hydrogen) atoms. The van der Waals surface area contributed by atoms with E-state index in [4.69, 9.17) is 5.73 Å².